The second kappa shape index (κ2) is 7.17. The number of nitrogens with zero attached hydrogens (tertiary/aromatic N) is 1. The van der Waals surface area contributed by atoms with Gasteiger partial charge < -0.3 is 10.1 Å². The molecular weight excluding hydrogens is 278 g/mol. The zero-order valence-corrected chi connectivity index (χ0v) is 13.3. The highest BCUT2D eigenvalue weighted by atomic mass is 32.2. The van der Waals surface area contributed by atoms with E-state index in [9.17, 15) is 8.42 Å². The van der Waals surface area contributed by atoms with E-state index in [0.717, 1.165) is 32.2 Å². The van der Waals surface area contributed by atoms with Gasteiger partial charge in [0.15, 0.2) is 0 Å². The van der Waals surface area contributed by atoms with E-state index >= 15 is 0 Å². The molecule has 0 aromatic heterocycles. The van der Waals surface area contributed by atoms with Crippen LogP contribution in [0.25, 0.3) is 0 Å². The third kappa shape index (κ3) is 4.14. The summed E-state index contributed by atoms with van der Waals surface area (Å²) >= 11 is 0. The Labute approximate surface area is 122 Å². The van der Waals surface area contributed by atoms with Crippen LogP contribution in [0, 0.1) is 5.92 Å². The normalized spacial score (nSPS) is 29.3. The lowest BCUT2D eigenvalue weighted by molar-refractivity contribution is -0.00513. The van der Waals surface area contributed by atoms with Gasteiger partial charge in [-0.25, -0.2) is 0 Å². The fourth-order valence-electron chi connectivity index (χ4n) is 2.96. The van der Waals surface area contributed by atoms with E-state index in [2.05, 4.69) is 10.0 Å². The molecular formula is C13H27N3O3S. The molecule has 0 aromatic carbocycles. The standard InChI is InChI=1S/C13H27N3O3S/c1-3-19-13-8-12(9-13)15-20(17,18)16-6-4-11(5-7-16)10-14-2/h11-15H,3-10H2,1-2H3. The van der Waals surface area contributed by atoms with Crippen LogP contribution in [0.4, 0.5) is 0 Å². The molecule has 0 aromatic rings. The van der Waals surface area contributed by atoms with Crippen LogP contribution < -0.4 is 10.0 Å². The highest BCUT2D eigenvalue weighted by Gasteiger charge is 2.35. The molecule has 0 atom stereocenters. The molecule has 1 heterocycles. The molecule has 0 unspecified atom stereocenters. The first-order chi connectivity index (χ1) is 9.55. The zero-order valence-electron chi connectivity index (χ0n) is 12.5. The summed E-state index contributed by atoms with van der Waals surface area (Å²) in [5.41, 5.74) is 0. The van der Waals surface area contributed by atoms with Gasteiger partial charge >= 0.3 is 0 Å². The molecule has 0 spiro atoms. The van der Waals surface area contributed by atoms with Gasteiger partial charge in [0.05, 0.1) is 6.10 Å². The van der Waals surface area contributed by atoms with Crippen molar-refractivity contribution in [2.24, 2.45) is 5.92 Å². The molecule has 118 valence electrons. The maximum absolute atomic E-state index is 12.3. The highest BCUT2D eigenvalue weighted by Crippen LogP contribution is 2.25. The summed E-state index contributed by atoms with van der Waals surface area (Å²) in [6.45, 7) is 4.89. The van der Waals surface area contributed by atoms with Crippen LogP contribution in [-0.2, 0) is 14.9 Å². The molecule has 2 aliphatic rings. The van der Waals surface area contributed by atoms with E-state index in [4.69, 9.17) is 4.74 Å². The summed E-state index contributed by atoms with van der Waals surface area (Å²) in [5, 5.41) is 3.16. The Hall–Kier alpha value is -0.210. The molecule has 7 heteroatoms. The van der Waals surface area contributed by atoms with Gasteiger partial charge in [0, 0.05) is 25.7 Å². The summed E-state index contributed by atoms with van der Waals surface area (Å²) in [7, 11) is -1.37. The van der Waals surface area contributed by atoms with Crippen LogP contribution in [0.3, 0.4) is 0 Å². The minimum absolute atomic E-state index is 0.0478. The van der Waals surface area contributed by atoms with Crippen molar-refractivity contribution in [2.45, 2.75) is 44.8 Å². The van der Waals surface area contributed by atoms with E-state index < -0.39 is 10.2 Å². The molecule has 1 aliphatic heterocycles. The van der Waals surface area contributed by atoms with Gasteiger partial charge in [-0.3, -0.25) is 0 Å². The summed E-state index contributed by atoms with van der Waals surface area (Å²) < 4.78 is 34.4. The van der Waals surface area contributed by atoms with Gasteiger partial charge in [-0.15, -0.1) is 0 Å². The van der Waals surface area contributed by atoms with Gasteiger partial charge in [-0.05, 0) is 52.1 Å². The number of hydrogen-bond donors (Lipinski definition) is 2. The number of rotatable bonds is 7. The maximum atomic E-state index is 12.3. The third-order valence-corrected chi connectivity index (χ3v) is 5.90. The Bertz CT molecular complexity index is 388. The largest absolute Gasteiger partial charge is 0.378 e. The summed E-state index contributed by atoms with van der Waals surface area (Å²) in [6.07, 6.45) is 3.70. The lowest BCUT2D eigenvalue weighted by Crippen LogP contribution is -2.53. The van der Waals surface area contributed by atoms with Crippen LogP contribution in [0.15, 0.2) is 0 Å². The summed E-state index contributed by atoms with van der Waals surface area (Å²) in [4.78, 5) is 0. The molecule has 1 aliphatic carbocycles. The Morgan fingerprint density at radius 1 is 1.25 bits per heavy atom. The van der Waals surface area contributed by atoms with Gasteiger partial charge in [0.25, 0.3) is 10.2 Å². The van der Waals surface area contributed by atoms with Crippen molar-refractivity contribution in [1.29, 1.82) is 0 Å². The van der Waals surface area contributed by atoms with E-state index in [1.807, 2.05) is 14.0 Å². The molecule has 1 saturated carbocycles. The third-order valence-electron chi connectivity index (χ3n) is 4.22. The van der Waals surface area contributed by atoms with Crippen molar-refractivity contribution in [1.82, 2.24) is 14.3 Å². The molecule has 1 saturated heterocycles. The molecule has 0 bridgehead atoms. The van der Waals surface area contributed by atoms with E-state index in [-0.39, 0.29) is 12.1 Å². The first-order valence-corrected chi connectivity index (χ1v) is 9.02. The van der Waals surface area contributed by atoms with Crippen molar-refractivity contribution in [3.05, 3.63) is 0 Å². The van der Waals surface area contributed by atoms with Crippen LogP contribution in [0.1, 0.15) is 32.6 Å². The molecule has 2 rings (SSSR count). The second-order valence-electron chi connectivity index (χ2n) is 5.77. The summed E-state index contributed by atoms with van der Waals surface area (Å²) in [5.74, 6) is 0.595. The van der Waals surface area contributed by atoms with E-state index in [1.54, 1.807) is 4.31 Å². The fraction of sp³-hybridized carbons (Fsp3) is 1.00. The first kappa shape index (κ1) is 16.2. The number of ether oxygens (including phenoxy) is 1. The number of hydrogen-bond acceptors (Lipinski definition) is 4. The maximum Gasteiger partial charge on any atom is 0.279 e. The van der Waals surface area contributed by atoms with Crippen molar-refractivity contribution < 1.29 is 13.2 Å². The van der Waals surface area contributed by atoms with Crippen molar-refractivity contribution in [3.8, 4) is 0 Å². The molecule has 0 amide bonds. The van der Waals surface area contributed by atoms with Crippen molar-refractivity contribution in [3.63, 3.8) is 0 Å². The average molecular weight is 305 g/mol. The fourth-order valence-corrected chi connectivity index (χ4v) is 4.42. The van der Waals surface area contributed by atoms with Crippen LogP contribution >= 0.6 is 0 Å². The molecule has 20 heavy (non-hydrogen) atoms. The van der Waals surface area contributed by atoms with Gasteiger partial charge in [0.2, 0.25) is 0 Å². The van der Waals surface area contributed by atoms with Crippen molar-refractivity contribution in [2.75, 3.05) is 33.3 Å². The Morgan fingerprint density at radius 3 is 2.45 bits per heavy atom. The first-order valence-electron chi connectivity index (χ1n) is 7.58. The van der Waals surface area contributed by atoms with Crippen LogP contribution in [0.5, 0.6) is 0 Å². The van der Waals surface area contributed by atoms with Gasteiger partial charge in [-0.1, -0.05) is 0 Å². The van der Waals surface area contributed by atoms with Crippen LogP contribution in [-0.4, -0.2) is 58.2 Å². The number of nitrogens with one attached hydrogen (secondary N) is 2. The Kier molecular flexibility index (Phi) is 5.80. The van der Waals surface area contributed by atoms with Gasteiger partial charge in [0.1, 0.15) is 0 Å². The Morgan fingerprint density at radius 2 is 1.90 bits per heavy atom. The highest BCUT2D eigenvalue weighted by molar-refractivity contribution is 7.87. The van der Waals surface area contributed by atoms with Crippen LogP contribution in [0.2, 0.25) is 0 Å². The molecule has 2 fully saturated rings. The number of piperidine rings is 1. The lowest BCUT2D eigenvalue weighted by Gasteiger charge is -2.38. The predicted octanol–water partition coefficient (Wildman–Crippen LogP) is 0.320. The average Bonchev–Trinajstić information content (AvgIpc) is 2.37. The van der Waals surface area contributed by atoms with Gasteiger partial charge in [-0.2, -0.15) is 17.4 Å². The van der Waals surface area contributed by atoms with E-state index in [1.165, 1.54) is 0 Å². The minimum atomic E-state index is -3.31. The zero-order chi connectivity index (χ0) is 14.6. The lowest BCUT2D eigenvalue weighted by atomic mass is 9.90. The SMILES string of the molecule is CCOC1CC(NS(=O)(=O)N2CCC(CNC)CC2)C1. The van der Waals surface area contributed by atoms with E-state index in [0.29, 0.717) is 25.6 Å². The smallest absolute Gasteiger partial charge is 0.279 e. The summed E-state index contributed by atoms with van der Waals surface area (Å²) in [6, 6.07) is 0.0478. The monoisotopic (exact) mass is 305 g/mol. The topological polar surface area (TPSA) is 70.7 Å². The second-order valence-corrected chi connectivity index (χ2v) is 7.47. The Balaban J connectivity index is 1.75. The minimum Gasteiger partial charge on any atom is -0.378 e. The molecule has 6 nitrogen and oxygen atoms in total. The predicted molar refractivity (Wildman–Crippen MR) is 78.7 cm³/mol. The quantitative estimate of drug-likeness (QED) is 0.711. The van der Waals surface area contributed by atoms with Crippen molar-refractivity contribution >= 4 is 10.2 Å². The molecule has 0 radical (unpaired) electrons. The molecule has 2 N–H and O–H groups in total.